The van der Waals surface area contributed by atoms with Crippen LogP contribution in [0.3, 0.4) is 0 Å². The van der Waals surface area contributed by atoms with Crippen LogP contribution in [-0.2, 0) is 0 Å². The minimum Gasteiger partial charge on any atom is -0.389 e. The van der Waals surface area contributed by atoms with Crippen LogP contribution >= 0.6 is 9.39 Å². The molecule has 2 unspecified atom stereocenters. The van der Waals surface area contributed by atoms with E-state index in [1.54, 1.807) is 0 Å². The predicted molar refractivity (Wildman–Crippen MR) is 41.1 cm³/mol. The van der Waals surface area contributed by atoms with E-state index in [1.807, 2.05) is 6.92 Å². The number of aliphatic hydroxyl groups is 1. The molecule has 1 fully saturated rings. The van der Waals surface area contributed by atoms with E-state index in [9.17, 15) is 5.11 Å². The van der Waals surface area contributed by atoms with Gasteiger partial charge < -0.3 is 5.11 Å². The van der Waals surface area contributed by atoms with Crippen molar-refractivity contribution in [1.29, 1.82) is 0 Å². The topological polar surface area (TPSA) is 23.5 Å². The highest BCUT2D eigenvalue weighted by molar-refractivity contribution is 7.13. The van der Waals surface area contributed by atoms with Crippen LogP contribution in [0.1, 0.15) is 19.8 Å². The summed E-state index contributed by atoms with van der Waals surface area (Å²) in [6.07, 6.45) is 2.05. The Morgan fingerprint density at radius 2 is 2.33 bits per heavy atom. The van der Waals surface area contributed by atoms with Gasteiger partial charge in [0.1, 0.15) is 0 Å². The monoisotopic (exact) mass is 147 g/mol. The van der Waals surface area contributed by atoms with Gasteiger partial charge in [0, 0.05) is 13.1 Å². The van der Waals surface area contributed by atoms with Crippen LogP contribution in [0.2, 0.25) is 0 Å². The molecule has 0 radical (unpaired) electrons. The molecular formula is C6H14NOP. The highest BCUT2D eigenvalue weighted by Gasteiger charge is 2.25. The lowest BCUT2D eigenvalue weighted by Gasteiger charge is -2.33. The first-order valence-corrected chi connectivity index (χ1v) is 3.84. The van der Waals surface area contributed by atoms with Crippen molar-refractivity contribution >= 4 is 9.39 Å². The molecule has 0 aromatic carbocycles. The van der Waals surface area contributed by atoms with Gasteiger partial charge in [0.15, 0.2) is 0 Å². The first kappa shape index (κ1) is 7.46. The largest absolute Gasteiger partial charge is 0.389 e. The number of piperidine rings is 1. The molecule has 0 aromatic rings. The molecule has 1 aliphatic rings. The Kier molecular flexibility index (Phi) is 2.10. The van der Waals surface area contributed by atoms with E-state index in [4.69, 9.17) is 0 Å². The van der Waals surface area contributed by atoms with Gasteiger partial charge in [0.05, 0.1) is 5.60 Å². The zero-order valence-electron chi connectivity index (χ0n) is 5.80. The lowest BCUT2D eigenvalue weighted by molar-refractivity contribution is 0.0119. The fourth-order valence-electron chi connectivity index (χ4n) is 1.26. The van der Waals surface area contributed by atoms with Crippen molar-refractivity contribution in [1.82, 2.24) is 4.67 Å². The maximum Gasteiger partial charge on any atom is 0.0749 e. The third kappa shape index (κ3) is 2.21. The molecule has 0 spiro atoms. The Morgan fingerprint density at radius 3 is 2.67 bits per heavy atom. The molecule has 0 saturated carbocycles. The minimum atomic E-state index is -0.444. The van der Waals surface area contributed by atoms with Gasteiger partial charge >= 0.3 is 0 Å². The molecule has 54 valence electrons. The van der Waals surface area contributed by atoms with Crippen LogP contribution < -0.4 is 0 Å². The fourth-order valence-corrected chi connectivity index (χ4v) is 1.83. The number of nitrogens with zero attached hydrogens (tertiary/aromatic N) is 1. The second-order valence-corrected chi connectivity index (χ2v) is 3.80. The molecule has 1 heterocycles. The van der Waals surface area contributed by atoms with Gasteiger partial charge in [-0.05, 0) is 19.8 Å². The Bertz CT molecular complexity index is 105. The minimum absolute atomic E-state index is 0.444. The molecular weight excluding hydrogens is 133 g/mol. The van der Waals surface area contributed by atoms with Gasteiger partial charge in [-0.1, -0.05) is 9.39 Å². The average Bonchev–Trinajstić information content (AvgIpc) is 1.60. The third-order valence-corrected chi connectivity index (χ3v) is 2.15. The van der Waals surface area contributed by atoms with Gasteiger partial charge in [-0.25, -0.2) is 0 Å². The molecule has 1 aliphatic heterocycles. The van der Waals surface area contributed by atoms with E-state index >= 15 is 0 Å². The molecule has 0 aliphatic carbocycles. The number of rotatable bonds is 0. The highest BCUT2D eigenvalue weighted by Crippen LogP contribution is 2.21. The van der Waals surface area contributed by atoms with Gasteiger partial charge in [0.25, 0.3) is 0 Å². The zero-order valence-corrected chi connectivity index (χ0v) is 6.95. The van der Waals surface area contributed by atoms with Crippen molar-refractivity contribution in [2.45, 2.75) is 25.4 Å². The van der Waals surface area contributed by atoms with Crippen molar-refractivity contribution in [3.05, 3.63) is 0 Å². The van der Waals surface area contributed by atoms with Crippen LogP contribution in [0.5, 0.6) is 0 Å². The molecule has 0 aromatic heterocycles. The van der Waals surface area contributed by atoms with Crippen molar-refractivity contribution in [3.8, 4) is 0 Å². The molecule has 1 rings (SSSR count). The molecule has 2 nitrogen and oxygen atoms in total. The molecule has 1 saturated heterocycles. The van der Waals surface area contributed by atoms with Gasteiger partial charge in [-0.3, -0.25) is 4.67 Å². The molecule has 9 heavy (non-hydrogen) atoms. The summed E-state index contributed by atoms with van der Waals surface area (Å²) in [5.41, 5.74) is -0.444. The summed E-state index contributed by atoms with van der Waals surface area (Å²) in [4.78, 5) is 0. The van der Waals surface area contributed by atoms with Crippen molar-refractivity contribution in [3.63, 3.8) is 0 Å². The Morgan fingerprint density at radius 1 is 1.67 bits per heavy atom. The first-order chi connectivity index (χ1) is 4.10. The van der Waals surface area contributed by atoms with E-state index in [0.717, 1.165) is 25.9 Å². The lowest BCUT2D eigenvalue weighted by atomic mass is 9.97. The second kappa shape index (κ2) is 2.53. The Labute approximate surface area is 58.5 Å². The summed E-state index contributed by atoms with van der Waals surface area (Å²) >= 11 is 0. The van der Waals surface area contributed by atoms with E-state index in [2.05, 4.69) is 14.1 Å². The summed E-state index contributed by atoms with van der Waals surface area (Å²) in [5.74, 6) is 0. The SMILES string of the molecule is CC1(O)CCCN(P)C1. The Hall–Kier alpha value is 0.350. The molecule has 0 amide bonds. The van der Waals surface area contributed by atoms with E-state index in [1.165, 1.54) is 0 Å². The fraction of sp³-hybridized carbons (Fsp3) is 1.00. The zero-order chi connectivity index (χ0) is 6.91. The predicted octanol–water partition coefficient (Wildman–Crippen LogP) is 0.623. The lowest BCUT2D eigenvalue weighted by Crippen LogP contribution is -2.41. The smallest absolute Gasteiger partial charge is 0.0749 e. The standard InChI is InChI=1S/C6H14NOP/c1-6(8)3-2-4-7(9)5-6/h8H,2-5,9H2,1H3. The van der Waals surface area contributed by atoms with E-state index < -0.39 is 5.60 Å². The maximum absolute atomic E-state index is 9.49. The maximum atomic E-state index is 9.49. The number of hydrogen-bond donors (Lipinski definition) is 1. The molecule has 0 bridgehead atoms. The Balaban J connectivity index is 2.41. The van der Waals surface area contributed by atoms with Crippen molar-refractivity contribution in [2.24, 2.45) is 0 Å². The van der Waals surface area contributed by atoms with Crippen LogP contribution in [0.25, 0.3) is 0 Å². The van der Waals surface area contributed by atoms with Crippen LogP contribution in [-0.4, -0.2) is 28.5 Å². The van der Waals surface area contributed by atoms with Crippen LogP contribution in [0, 0.1) is 0 Å². The summed E-state index contributed by atoms with van der Waals surface area (Å²) in [5, 5.41) is 9.49. The van der Waals surface area contributed by atoms with Crippen LogP contribution in [0.4, 0.5) is 0 Å². The van der Waals surface area contributed by atoms with Gasteiger partial charge in [-0.2, -0.15) is 0 Å². The summed E-state index contributed by atoms with van der Waals surface area (Å²) in [7, 11) is 2.62. The molecule has 3 heteroatoms. The third-order valence-electron chi connectivity index (χ3n) is 1.70. The van der Waals surface area contributed by atoms with E-state index in [0.29, 0.717) is 0 Å². The summed E-state index contributed by atoms with van der Waals surface area (Å²) < 4.78 is 2.09. The second-order valence-electron chi connectivity index (χ2n) is 3.07. The van der Waals surface area contributed by atoms with E-state index in [-0.39, 0.29) is 0 Å². The average molecular weight is 147 g/mol. The normalized spacial score (nSPS) is 39.0. The van der Waals surface area contributed by atoms with Crippen LogP contribution in [0.15, 0.2) is 0 Å². The summed E-state index contributed by atoms with van der Waals surface area (Å²) in [6, 6.07) is 0. The summed E-state index contributed by atoms with van der Waals surface area (Å²) in [6.45, 7) is 3.78. The van der Waals surface area contributed by atoms with Crippen molar-refractivity contribution in [2.75, 3.05) is 13.1 Å². The molecule has 1 N–H and O–H groups in total. The number of hydrogen-bond acceptors (Lipinski definition) is 2. The van der Waals surface area contributed by atoms with Gasteiger partial charge in [0.2, 0.25) is 0 Å². The van der Waals surface area contributed by atoms with Crippen molar-refractivity contribution < 1.29 is 5.11 Å². The number of β-amino-alcohol motifs (C(OH)–C–C–N with tert-alkyl or cyclic N) is 1. The first-order valence-electron chi connectivity index (χ1n) is 3.32. The van der Waals surface area contributed by atoms with Gasteiger partial charge in [-0.15, -0.1) is 0 Å². The highest BCUT2D eigenvalue weighted by atomic mass is 31.0. The molecule has 2 atom stereocenters. The quantitative estimate of drug-likeness (QED) is 0.508.